The molecule has 4 N–H and O–H groups in total. The third-order valence-electron chi connectivity index (χ3n) is 4.53. The zero-order valence-corrected chi connectivity index (χ0v) is 19.8. The van der Waals surface area contributed by atoms with Gasteiger partial charge in [-0.05, 0) is 11.1 Å². The minimum atomic E-state index is -1.04. The van der Waals surface area contributed by atoms with E-state index >= 15 is 0 Å². The predicted octanol–water partition coefficient (Wildman–Crippen LogP) is 2.99. The molecule has 0 amide bonds. The Labute approximate surface area is 201 Å². The van der Waals surface area contributed by atoms with E-state index in [1.54, 1.807) is 24.3 Å². The van der Waals surface area contributed by atoms with Crippen molar-refractivity contribution in [3.05, 3.63) is 70.8 Å². The van der Waals surface area contributed by atoms with Crippen molar-refractivity contribution >= 4 is 50.8 Å². The molecule has 0 radical (unpaired) electrons. The van der Waals surface area contributed by atoms with Crippen LogP contribution < -0.4 is 0 Å². The van der Waals surface area contributed by atoms with Gasteiger partial charge in [0.2, 0.25) is 0 Å². The molecule has 0 spiro atoms. The lowest BCUT2D eigenvalue weighted by Gasteiger charge is -2.08. The third kappa shape index (κ3) is 9.11. The highest BCUT2D eigenvalue weighted by Crippen LogP contribution is 2.25. The number of Topliss-reactive ketones (excluding diaryl/α,β-unsaturated/α-hetero) is 2. The van der Waals surface area contributed by atoms with Crippen LogP contribution >= 0.6 is 35.7 Å². The van der Waals surface area contributed by atoms with Crippen LogP contribution in [0.1, 0.15) is 44.7 Å². The second-order valence-corrected chi connectivity index (χ2v) is 10.3. The number of carbonyl (C=O) groups excluding carboxylic acids is 2. The molecular formula is C23H26O6S3. The number of benzene rings is 2. The van der Waals surface area contributed by atoms with E-state index in [9.17, 15) is 19.8 Å². The summed E-state index contributed by atoms with van der Waals surface area (Å²) < 4.78 is 0.780. The van der Waals surface area contributed by atoms with Crippen molar-refractivity contribution < 1.29 is 30.0 Å². The molecule has 0 aliphatic carbocycles. The fraction of sp³-hybridized carbons (Fsp3) is 0.348. The highest BCUT2D eigenvalue weighted by molar-refractivity contribution is 8.46. The molecule has 0 bridgehead atoms. The molecule has 6 nitrogen and oxygen atoms in total. The van der Waals surface area contributed by atoms with E-state index in [0.29, 0.717) is 22.6 Å². The van der Waals surface area contributed by atoms with Gasteiger partial charge in [-0.3, -0.25) is 9.59 Å². The average Bonchev–Trinajstić information content (AvgIpc) is 2.81. The Bertz CT molecular complexity index is 825. The van der Waals surface area contributed by atoms with Gasteiger partial charge in [0.1, 0.15) is 3.53 Å². The Balaban J connectivity index is 1.76. The van der Waals surface area contributed by atoms with Crippen molar-refractivity contribution in [2.75, 3.05) is 13.2 Å². The average molecular weight is 495 g/mol. The van der Waals surface area contributed by atoms with Crippen LogP contribution in [0.3, 0.4) is 0 Å². The van der Waals surface area contributed by atoms with Crippen molar-refractivity contribution in [1.82, 2.24) is 0 Å². The lowest BCUT2D eigenvalue weighted by atomic mass is 10.0. The van der Waals surface area contributed by atoms with E-state index in [1.165, 1.54) is 23.5 Å². The van der Waals surface area contributed by atoms with Gasteiger partial charge in [0.25, 0.3) is 0 Å². The van der Waals surface area contributed by atoms with Crippen LogP contribution in [-0.2, 0) is 11.5 Å². The minimum absolute atomic E-state index is 0.106. The van der Waals surface area contributed by atoms with Crippen LogP contribution in [0, 0.1) is 0 Å². The van der Waals surface area contributed by atoms with Gasteiger partial charge in [-0.1, -0.05) is 60.7 Å². The van der Waals surface area contributed by atoms with Crippen LogP contribution in [0.25, 0.3) is 0 Å². The molecule has 0 aliphatic rings. The van der Waals surface area contributed by atoms with Gasteiger partial charge in [-0.15, -0.1) is 23.5 Å². The number of hydrogen-bond donors (Lipinski definition) is 4. The van der Waals surface area contributed by atoms with Crippen LogP contribution in [0.2, 0.25) is 0 Å². The number of hydrogen-bond acceptors (Lipinski definition) is 9. The maximum Gasteiger partial charge on any atom is 0.165 e. The Morgan fingerprint density at radius 1 is 0.719 bits per heavy atom. The summed E-state index contributed by atoms with van der Waals surface area (Å²) in [6.07, 6.45) is -2.29. The molecule has 0 saturated heterocycles. The smallest absolute Gasteiger partial charge is 0.165 e. The summed E-state index contributed by atoms with van der Waals surface area (Å²) in [5.74, 6) is 0.906. The Morgan fingerprint density at radius 2 is 1.06 bits per heavy atom. The maximum absolute atomic E-state index is 12.0. The normalized spacial score (nSPS) is 12.9. The van der Waals surface area contributed by atoms with Gasteiger partial charge in [0.15, 0.2) is 11.6 Å². The van der Waals surface area contributed by atoms with Crippen molar-refractivity contribution in [2.24, 2.45) is 0 Å². The molecule has 2 atom stereocenters. The number of aliphatic hydroxyl groups is 4. The van der Waals surface area contributed by atoms with Crippen molar-refractivity contribution in [1.29, 1.82) is 0 Å². The molecule has 172 valence electrons. The molecule has 9 heteroatoms. The van der Waals surface area contributed by atoms with Gasteiger partial charge in [-0.2, -0.15) is 0 Å². The molecule has 0 saturated carbocycles. The van der Waals surface area contributed by atoms with E-state index in [1.807, 2.05) is 24.3 Å². The number of ketones is 2. The molecule has 2 unspecified atom stereocenters. The summed E-state index contributed by atoms with van der Waals surface area (Å²) in [6.45, 7) is -0.876. The molecule has 32 heavy (non-hydrogen) atoms. The van der Waals surface area contributed by atoms with Gasteiger partial charge in [-0.25, -0.2) is 0 Å². The monoisotopic (exact) mass is 494 g/mol. The zero-order valence-electron chi connectivity index (χ0n) is 17.3. The van der Waals surface area contributed by atoms with Gasteiger partial charge in [0, 0.05) is 35.5 Å². The van der Waals surface area contributed by atoms with E-state index in [-0.39, 0.29) is 24.4 Å². The van der Waals surface area contributed by atoms with E-state index in [4.69, 9.17) is 22.4 Å². The fourth-order valence-electron chi connectivity index (χ4n) is 2.69. The first-order chi connectivity index (χ1) is 15.3. The molecule has 0 aromatic heterocycles. The summed E-state index contributed by atoms with van der Waals surface area (Å²) in [4.78, 5) is 24.0. The van der Waals surface area contributed by atoms with Crippen LogP contribution in [-0.4, -0.2) is 60.9 Å². The number of carbonyl (C=O) groups is 2. The van der Waals surface area contributed by atoms with Crippen molar-refractivity contribution in [3.8, 4) is 0 Å². The molecule has 2 rings (SSSR count). The zero-order chi connectivity index (χ0) is 23.5. The van der Waals surface area contributed by atoms with Crippen LogP contribution in [0.4, 0.5) is 0 Å². The first-order valence-electron chi connectivity index (χ1n) is 9.94. The number of aliphatic hydroxyl groups excluding tert-OH is 4. The van der Waals surface area contributed by atoms with Gasteiger partial charge >= 0.3 is 0 Å². The lowest BCUT2D eigenvalue weighted by molar-refractivity contribution is 0.0697. The Morgan fingerprint density at radius 3 is 1.38 bits per heavy atom. The minimum Gasteiger partial charge on any atom is -0.394 e. The van der Waals surface area contributed by atoms with E-state index in [0.717, 1.165) is 14.7 Å². The fourth-order valence-corrected chi connectivity index (χ4v) is 4.69. The van der Waals surface area contributed by atoms with Crippen molar-refractivity contribution in [2.45, 2.75) is 36.6 Å². The maximum atomic E-state index is 12.0. The Hall–Kier alpha value is -1.59. The number of thioether (sulfide) groups is 2. The topological polar surface area (TPSA) is 115 Å². The predicted molar refractivity (Wildman–Crippen MR) is 132 cm³/mol. The number of thiocarbonyl (C=S) groups is 1. The molecule has 0 aliphatic heterocycles. The third-order valence-corrected chi connectivity index (χ3v) is 7.37. The van der Waals surface area contributed by atoms with Gasteiger partial charge < -0.3 is 20.4 Å². The summed E-state index contributed by atoms with van der Waals surface area (Å²) in [6, 6.07) is 14.2. The molecule has 0 heterocycles. The number of rotatable bonds is 12. The Kier molecular flexibility index (Phi) is 11.5. The lowest BCUT2D eigenvalue weighted by Crippen LogP contribution is -2.17. The highest BCUT2D eigenvalue weighted by Gasteiger charge is 2.13. The molecule has 0 fully saturated rings. The summed E-state index contributed by atoms with van der Waals surface area (Å²) in [7, 11) is 0. The summed E-state index contributed by atoms with van der Waals surface area (Å²) in [5.41, 5.74) is 3.03. The standard InChI is InChI=1S/C23H26O6S3/c24-11-19(26)9-21(28)17-5-1-15(2-6-17)13-31-23(30)32-14-16-3-7-18(8-4-16)22(29)10-20(27)12-25/h1-8,19-20,24-27H,9-14H2. The molecule has 2 aromatic rings. The largest absolute Gasteiger partial charge is 0.394 e. The SMILES string of the molecule is O=C(CC(O)CO)c1ccc(CSC(=S)SCc2ccc(C(=O)CC(O)CO)cc2)cc1. The molecular weight excluding hydrogens is 468 g/mol. The second-order valence-electron chi connectivity index (χ2n) is 7.15. The van der Waals surface area contributed by atoms with Crippen LogP contribution in [0.5, 0.6) is 0 Å². The summed E-state index contributed by atoms with van der Waals surface area (Å²) >= 11 is 8.47. The van der Waals surface area contributed by atoms with Gasteiger partial charge in [0.05, 0.1) is 25.4 Å². The van der Waals surface area contributed by atoms with Crippen molar-refractivity contribution in [3.63, 3.8) is 0 Å². The van der Waals surface area contributed by atoms with Crippen LogP contribution in [0.15, 0.2) is 48.5 Å². The summed E-state index contributed by atoms with van der Waals surface area (Å²) in [5, 5.41) is 36.4. The highest BCUT2D eigenvalue weighted by atomic mass is 32.2. The van der Waals surface area contributed by atoms with E-state index in [2.05, 4.69) is 0 Å². The van der Waals surface area contributed by atoms with E-state index < -0.39 is 25.4 Å². The quantitative estimate of drug-likeness (QED) is 0.261. The second kappa shape index (κ2) is 13.8. The first-order valence-corrected chi connectivity index (χ1v) is 12.3. The molecule has 2 aromatic carbocycles. The first kappa shape index (κ1) is 26.7.